The van der Waals surface area contributed by atoms with Crippen LogP contribution in [0.3, 0.4) is 0 Å². The Morgan fingerprint density at radius 1 is 1.22 bits per heavy atom. The maximum atomic E-state index is 13.1. The zero-order valence-electron chi connectivity index (χ0n) is 16.1. The van der Waals surface area contributed by atoms with Crippen LogP contribution in [-0.2, 0) is 0 Å². The molecule has 27 heavy (non-hydrogen) atoms. The van der Waals surface area contributed by atoms with Crippen LogP contribution in [0.2, 0.25) is 10.0 Å². The van der Waals surface area contributed by atoms with E-state index in [2.05, 4.69) is 11.8 Å². The third-order valence-electron chi connectivity index (χ3n) is 6.53. The molecule has 2 aromatic rings. The Bertz CT molecular complexity index is 945. The van der Waals surface area contributed by atoms with Gasteiger partial charge in [-0.3, -0.25) is 9.36 Å². The fourth-order valence-electron chi connectivity index (χ4n) is 4.74. The van der Waals surface area contributed by atoms with Gasteiger partial charge in [-0.05, 0) is 56.6 Å². The number of aryl methyl sites for hydroxylation is 1. The van der Waals surface area contributed by atoms with Crippen LogP contribution >= 0.6 is 23.2 Å². The lowest BCUT2D eigenvalue weighted by Crippen LogP contribution is -2.38. The molecule has 4 rings (SSSR count). The molecule has 1 atom stereocenters. The summed E-state index contributed by atoms with van der Waals surface area (Å²) in [6.45, 7) is 7.95. The van der Waals surface area contributed by atoms with Gasteiger partial charge in [-0.25, -0.2) is 4.98 Å². The number of nitrogens with zero attached hydrogens (tertiary/aromatic N) is 3. The van der Waals surface area contributed by atoms with Gasteiger partial charge in [-0.2, -0.15) is 0 Å². The van der Waals surface area contributed by atoms with E-state index in [9.17, 15) is 4.79 Å². The largest absolute Gasteiger partial charge is 0.356 e. The van der Waals surface area contributed by atoms with Crippen molar-refractivity contribution in [2.75, 3.05) is 18.0 Å². The van der Waals surface area contributed by atoms with Gasteiger partial charge in [0.15, 0.2) is 0 Å². The Morgan fingerprint density at radius 3 is 2.56 bits per heavy atom. The lowest BCUT2D eigenvalue weighted by molar-refractivity contribution is 0.344. The number of piperidine rings is 1. The summed E-state index contributed by atoms with van der Waals surface area (Å²) in [6.07, 6.45) is 5.06. The highest BCUT2D eigenvalue weighted by molar-refractivity contribution is 6.43. The van der Waals surface area contributed by atoms with Crippen molar-refractivity contribution < 1.29 is 0 Å². The van der Waals surface area contributed by atoms with Gasteiger partial charge in [0, 0.05) is 13.1 Å². The summed E-state index contributed by atoms with van der Waals surface area (Å²) < 4.78 is 1.56. The Kier molecular flexibility index (Phi) is 4.76. The second-order valence-electron chi connectivity index (χ2n) is 7.98. The van der Waals surface area contributed by atoms with Crippen molar-refractivity contribution in [3.8, 4) is 5.69 Å². The molecule has 144 valence electrons. The van der Waals surface area contributed by atoms with E-state index in [-0.39, 0.29) is 5.56 Å². The van der Waals surface area contributed by atoms with Crippen LogP contribution in [0.25, 0.3) is 5.69 Å². The zero-order valence-corrected chi connectivity index (χ0v) is 17.6. The maximum Gasteiger partial charge on any atom is 0.263 e. The fourth-order valence-corrected chi connectivity index (χ4v) is 5.12. The standard InChI is InChI=1S/C21H25Cl2N3O/c1-4-15-12-21(15)8-10-25(11-9-21)19-13(2)20(27)26(14(3)24-19)17-7-5-6-16(22)18(17)23/h5-7,15H,4,8-12H2,1-3H3. The van der Waals surface area contributed by atoms with E-state index < -0.39 is 0 Å². The second-order valence-corrected chi connectivity index (χ2v) is 8.77. The molecule has 1 aromatic carbocycles. The molecular formula is C21H25Cl2N3O. The van der Waals surface area contributed by atoms with Gasteiger partial charge >= 0.3 is 0 Å². The van der Waals surface area contributed by atoms with Gasteiger partial charge in [0.1, 0.15) is 11.6 Å². The van der Waals surface area contributed by atoms with Crippen LogP contribution in [0.5, 0.6) is 0 Å². The molecule has 0 radical (unpaired) electrons. The third kappa shape index (κ3) is 3.07. The molecule has 2 fully saturated rings. The number of hydrogen-bond acceptors (Lipinski definition) is 3. The molecule has 1 unspecified atom stereocenters. The van der Waals surface area contributed by atoms with Crippen LogP contribution in [0.1, 0.15) is 44.0 Å². The highest BCUT2D eigenvalue weighted by Gasteiger charge is 2.53. The van der Waals surface area contributed by atoms with Gasteiger partial charge in [0.25, 0.3) is 5.56 Å². The summed E-state index contributed by atoms with van der Waals surface area (Å²) >= 11 is 12.5. The molecule has 0 N–H and O–H groups in total. The summed E-state index contributed by atoms with van der Waals surface area (Å²) in [5.41, 5.74) is 1.72. The van der Waals surface area contributed by atoms with Crippen molar-refractivity contribution in [1.29, 1.82) is 0 Å². The van der Waals surface area contributed by atoms with Gasteiger partial charge < -0.3 is 4.90 Å². The molecule has 0 amide bonds. The van der Waals surface area contributed by atoms with E-state index in [1.807, 2.05) is 13.8 Å². The molecule has 1 aromatic heterocycles. The topological polar surface area (TPSA) is 38.1 Å². The Balaban J connectivity index is 1.67. The van der Waals surface area contributed by atoms with E-state index in [4.69, 9.17) is 28.2 Å². The summed E-state index contributed by atoms with van der Waals surface area (Å²) in [5.74, 6) is 2.34. The summed E-state index contributed by atoms with van der Waals surface area (Å²) in [7, 11) is 0. The smallest absolute Gasteiger partial charge is 0.263 e. The molecular weight excluding hydrogens is 381 g/mol. The normalized spacial score (nSPS) is 20.9. The van der Waals surface area contributed by atoms with Crippen LogP contribution in [0, 0.1) is 25.2 Å². The number of anilines is 1. The molecule has 1 saturated heterocycles. The van der Waals surface area contributed by atoms with Gasteiger partial charge in [-0.15, -0.1) is 0 Å². The average Bonchev–Trinajstić information content (AvgIpc) is 3.35. The van der Waals surface area contributed by atoms with E-state index in [1.165, 1.54) is 25.7 Å². The SMILES string of the molecule is CCC1CC12CCN(c1nc(C)n(-c3cccc(Cl)c3Cl)c(=O)c1C)CC2. The number of benzene rings is 1. The Hall–Kier alpha value is -1.52. The van der Waals surface area contributed by atoms with Crippen LogP contribution in [0.4, 0.5) is 5.82 Å². The van der Waals surface area contributed by atoms with Crippen LogP contribution < -0.4 is 10.5 Å². The minimum atomic E-state index is -0.0835. The number of rotatable bonds is 3. The summed E-state index contributed by atoms with van der Waals surface area (Å²) in [4.78, 5) is 20.2. The van der Waals surface area contributed by atoms with Crippen LogP contribution in [-0.4, -0.2) is 22.6 Å². The van der Waals surface area contributed by atoms with Crippen LogP contribution in [0.15, 0.2) is 23.0 Å². The molecule has 1 aliphatic heterocycles. The third-order valence-corrected chi connectivity index (χ3v) is 7.34. The van der Waals surface area contributed by atoms with Crippen molar-refractivity contribution in [3.05, 3.63) is 50.0 Å². The predicted octanol–water partition coefficient (Wildman–Crippen LogP) is 5.17. The zero-order chi connectivity index (χ0) is 19.3. The van der Waals surface area contributed by atoms with Crippen molar-refractivity contribution in [2.24, 2.45) is 11.3 Å². The highest BCUT2D eigenvalue weighted by Crippen LogP contribution is 2.60. The number of aromatic nitrogens is 2. The lowest BCUT2D eigenvalue weighted by Gasteiger charge is -2.34. The predicted molar refractivity (Wildman–Crippen MR) is 112 cm³/mol. The van der Waals surface area contributed by atoms with Gasteiger partial charge in [0.2, 0.25) is 0 Å². The monoisotopic (exact) mass is 405 g/mol. The minimum absolute atomic E-state index is 0.0835. The molecule has 1 spiro atoms. The first-order chi connectivity index (χ1) is 12.9. The molecule has 2 heterocycles. The Morgan fingerprint density at radius 2 is 1.93 bits per heavy atom. The first-order valence-corrected chi connectivity index (χ1v) is 10.4. The molecule has 1 aliphatic carbocycles. The van der Waals surface area contributed by atoms with E-state index in [1.54, 1.807) is 22.8 Å². The molecule has 0 bridgehead atoms. The molecule has 1 saturated carbocycles. The highest BCUT2D eigenvalue weighted by atomic mass is 35.5. The van der Waals surface area contributed by atoms with E-state index >= 15 is 0 Å². The van der Waals surface area contributed by atoms with Crippen molar-refractivity contribution in [3.63, 3.8) is 0 Å². The summed E-state index contributed by atoms with van der Waals surface area (Å²) in [5, 5.41) is 0.802. The minimum Gasteiger partial charge on any atom is -0.356 e. The van der Waals surface area contributed by atoms with Crippen molar-refractivity contribution >= 4 is 29.0 Å². The maximum absolute atomic E-state index is 13.1. The molecule has 2 aliphatic rings. The van der Waals surface area contributed by atoms with Gasteiger partial charge in [0.05, 0.1) is 21.3 Å². The lowest BCUT2D eigenvalue weighted by atomic mass is 9.90. The number of hydrogen-bond donors (Lipinski definition) is 0. The van der Waals surface area contributed by atoms with Crippen molar-refractivity contribution in [2.45, 2.75) is 46.5 Å². The quantitative estimate of drug-likeness (QED) is 0.706. The summed E-state index contributed by atoms with van der Waals surface area (Å²) in [6, 6.07) is 5.31. The Labute approximate surface area is 170 Å². The molecule has 6 heteroatoms. The second kappa shape index (κ2) is 6.82. The number of halogens is 2. The first-order valence-electron chi connectivity index (χ1n) is 9.67. The fraction of sp³-hybridized carbons (Fsp3) is 0.524. The molecule has 4 nitrogen and oxygen atoms in total. The average molecular weight is 406 g/mol. The van der Waals surface area contributed by atoms with E-state index in [0.29, 0.717) is 32.5 Å². The van der Waals surface area contributed by atoms with Gasteiger partial charge in [-0.1, -0.05) is 42.6 Å². The van der Waals surface area contributed by atoms with E-state index in [0.717, 1.165) is 24.8 Å². The van der Waals surface area contributed by atoms with Crippen molar-refractivity contribution in [1.82, 2.24) is 9.55 Å². The first kappa shape index (κ1) is 18.8.